The van der Waals surface area contributed by atoms with Crippen LogP contribution in [0.5, 0.6) is 0 Å². The summed E-state index contributed by atoms with van der Waals surface area (Å²) in [5.74, 6) is -0.210. The molecule has 3 heterocycles. The van der Waals surface area contributed by atoms with Crippen LogP contribution in [0.15, 0.2) is 59.6 Å². The van der Waals surface area contributed by atoms with Crippen molar-refractivity contribution in [3.63, 3.8) is 0 Å². The van der Waals surface area contributed by atoms with Crippen LogP contribution >= 0.6 is 28.3 Å². The van der Waals surface area contributed by atoms with Gasteiger partial charge in [0, 0.05) is 31.2 Å². The Bertz CT molecular complexity index is 942. The molecule has 1 atom stereocenters. The molecule has 0 saturated carbocycles. The van der Waals surface area contributed by atoms with Crippen molar-refractivity contribution in [1.82, 2.24) is 20.1 Å². The Morgan fingerprint density at radius 3 is 2.82 bits per heavy atom. The molecule has 1 amide bonds. The van der Waals surface area contributed by atoms with E-state index < -0.39 is 0 Å². The maximum absolute atomic E-state index is 12.5. The summed E-state index contributed by atoms with van der Waals surface area (Å²) in [6, 6.07) is 11.4. The van der Waals surface area contributed by atoms with Gasteiger partial charge in [-0.1, -0.05) is 12.1 Å². The number of rotatable bonds is 4. The lowest BCUT2D eigenvalue weighted by Gasteiger charge is -2.24. The quantitative estimate of drug-likeness (QED) is 0.579. The zero-order chi connectivity index (χ0) is 18.6. The summed E-state index contributed by atoms with van der Waals surface area (Å²) < 4.78 is 8.08. The highest BCUT2D eigenvalue weighted by Crippen LogP contribution is 2.21. The second-order valence-electron chi connectivity index (χ2n) is 6.15. The molecule has 1 aliphatic rings. The zero-order valence-electron chi connectivity index (χ0n) is 14.8. The van der Waals surface area contributed by atoms with Crippen LogP contribution in [0.1, 0.15) is 22.0 Å². The van der Waals surface area contributed by atoms with Gasteiger partial charge in [-0.05, 0) is 45.8 Å². The molecule has 1 aliphatic heterocycles. The van der Waals surface area contributed by atoms with Gasteiger partial charge in [-0.3, -0.25) is 4.79 Å². The molecule has 1 aromatic carbocycles. The number of hydrogen-bond acceptors (Lipinski definition) is 5. The fourth-order valence-electron chi connectivity index (χ4n) is 2.88. The number of nitrogens with one attached hydrogen (secondary N) is 2. The molecule has 0 spiro atoms. The Hall–Kier alpha value is -2.26. The van der Waals surface area contributed by atoms with Crippen LogP contribution in [-0.4, -0.2) is 40.4 Å². The molecule has 4 rings (SSSR count). The number of carbonyl (C=O) groups excluding carboxylic acids is 1. The monoisotopic (exact) mass is 463 g/mol. The molecular formula is C19H19BrClN5O2. The van der Waals surface area contributed by atoms with E-state index in [1.165, 1.54) is 0 Å². The topological polar surface area (TPSA) is 81.1 Å². The first-order valence-corrected chi connectivity index (χ1v) is 9.38. The van der Waals surface area contributed by atoms with Gasteiger partial charge in [-0.15, -0.1) is 12.4 Å². The maximum Gasteiger partial charge on any atom is 0.258 e. The standard InChI is InChI=1S/C19H18BrN5O2.ClH/c20-18-9-16(5-6-22-18)25-12-14(10-23-25)19(26)24-15-3-1-13(2-4-15)17-11-21-7-8-27-17;/h1-6,9-10,12,17,21H,7-8,11H2,(H,24,26);1H. The average Bonchev–Trinajstić information content (AvgIpc) is 3.20. The lowest BCUT2D eigenvalue weighted by molar-refractivity contribution is 0.0277. The number of anilines is 1. The van der Waals surface area contributed by atoms with E-state index >= 15 is 0 Å². The fraction of sp³-hybridized carbons (Fsp3) is 0.211. The van der Waals surface area contributed by atoms with Crippen LogP contribution in [0.25, 0.3) is 5.69 Å². The van der Waals surface area contributed by atoms with E-state index in [4.69, 9.17) is 4.74 Å². The summed E-state index contributed by atoms with van der Waals surface area (Å²) in [7, 11) is 0. The van der Waals surface area contributed by atoms with Crippen LogP contribution in [0.3, 0.4) is 0 Å². The normalized spacial score (nSPS) is 16.2. The van der Waals surface area contributed by atoms with Crippen molar-refractivity contribution >= 4 is 39.9 Å². The number of pyridine rings is 1. The molecule has 146 valence electrons. The minimum Gasteiger partial charge on any atom is -0.371 e. The lowest BCUT2D eigenvalue weighted by atomic mass is 10.1. The lowest BCUT2D eigenvalue weighted by Crippen LogP contribution is -2.33. The maximum atomic E-state index is 12.5. The predicted octanol–water partition coefficient (Wildman–Crippen LogP) is 3.36. The van der Waals surface area contributed by atoms with Crippen molar-refractivity contribution in [1.29, 1.82) is 0 Å². The Kier molecular flexibility index (Phi) is 6.79. The second kappa shape index (κ2) is 9.29. The summed E-state index contributed by atoms with van der Waals surface area (Å²) >= 11 is 3.33. The summed E-state index contributed by atoms with van der Waals surface area (Å²) in [5.41, 5.74) is 3.12. The van der Waals surface area contributed by atoms with Crippen LogP contribution in [-0.2, 0) is 4.74 Å². The van der Waals surface area contributed by atoms with E-state index in [0.717, 1.165) is 30.0 Å². The minimum atomic E-state index is -0.210. The Morgan fingerprint density at radius 1 is 1.29 bits per heavy atom. The number of morpholine rings is 1. The molecule has 1 unspecified atom stereocenters. The van der Waals surface area contributed by atoms with Gasteiger partial charge < -0.3 is 15.4 Å². The molecule has 9 heteroatoms. The first-order valence-electron chi connectivity index (χ1n) is 8.59. The smallest absolute Gasteiger partial charge is 0.258 e. The average molecular weight is 465 g/mol. The number of ether oxygens (including phenoxy) is 1. The van der Waals surface area contributed by atoms with Crippen molar-refractivity contribution in [3.8, 4) is 5.69 Å². The summed E-state index contributed by atoms with van der Waals surface area (Å²) in [6.07, 6.45) is 4.96. The van der Waals surface area contributed by atoms with Crippen molar-refractivity contribution in [2.45, 2.75) is 6.10 Å². The number of carbonyl (C=O) groups is 1. The minimum absolute atomic E-state index is 0. The van der Waals surface area contributed by atoms with E-state index in [0.29, 0.717) is 16.8 Å². The Labute approximate surface area is 177 Å². The fourth-order valence-corrected chi connectivity index (χ4v) is 3.23. The van der Waals surface area contributed by atoms with E-state index in [1.54, 1.807) is 23.3 Å². The summed E-state index contributed by atoms with van der Waals surface area (Å²) in [4.78, 5) is 16.6. The van der Waals surface area contributed by atoms with Crippen molar-refractivity contribution in [3.05, 3.63) is 70.7 Å². The first kappa shape index (κ1) is 20.5. The zero-order valence-corrected chi connectivity index (χ0v) is 17.2. The van der Waals surface area contributed by atoms with Gasteiger partial charge >= 0.3 is 0 Å². The molecule has 0 aliphatic carbocycles. The number of hydrogen-bond donors (Lipinski definition) is 2. The molecule has 7 nitrogen and oxygen atoms in total. The number of nitrogens with zero attached hydrogens (tertiary/aromatic N) is 3. The molecular weight excluding hydrogens is 446 g/mol. The van der Waals surface area contributed by atoms with Crippen LogP contribution in [0, 0.1) is 0 Å². The molecule has 28 heavy (non-hydrogen) atoms. The molecule has 2 N–H and O–H groups in total. The third-order valence-electron chi connectivity index (χ3n) is 4.29. The van der Waals surface area contributed by atoms with Crippen LogP contribution in [0.2, 0.25) is 0 Å². The summed E-state index contributed by atoms with van der Waals surface area (Å²) in [5, 5.41) is 10.5. The summed E-state index contributed by atoms with van der Waals surface area (Å²) in [6.45, 7) is 2.39. The van der Waals surface area contributed by atoms with Crippen LogP contribution in [0.4, 0.5) is 5.69 Å². The van der Waals surface area contributed by atoms with Gasteiger partial charge in [-0.2, -0.15) is 5.10 Å². The highest BCUT2D eigenvalue weighted by Gasteiger charge is 2.16. The highest BCUT2D eigenvalue weighted by atomic mass is 79.9. The largest absolute Gasteiger partial charge is 0.371 e. The molecule has 1 saturated heterocycles. The second-order valence-corrected chi connectivity index (χ2v) is 6.96. The van der Waals surface area contributed by atoms with Gasteiger partial charge in [0.25, 0.3) is 5.91 Å². The number of aromatic nitrogens is 3. The first-order chi connectivity index (χ1) is 13.2. The van der Waals surface area contributed by atoms with E-state index in [9.17, 15) is 4.79 Å². The third-order valence-corrected chi connectivity index (χ3v) is 4.72. The van der Waals surface area contributed by atoms with E-state index in [-0.39, 0.29) is 24.4 Å². The van der Waals surface area contributed by atoms with Gasteiger partial charge in [0.15, 0.2) is 0 Å². The predicted molar refractivity (Wildman–Crippen MR) is 112 cm³/mol. The Balaban J connectivity index is 0.00000225. The number of halogens is 2. The molecule has 3 aromatic rings. The van der Waals surface area contributed by atoms with Crippen molar-refractivity contribution in [2.24, 2.45) is 0 Å². The van der Waals surface area contributed by atoms with E-state index in [2.05, 4.69) is 36.6 Å². The molecule has 2 aromatic heterocycles. The molecule has 0 radical (unpaired) electrons. The Morgan fingerprint density at radius 2 is 2.11 bits per heavy atom. The van der Waals surface area contributed by atoms with Gasteiger partial charge in [0.05, 0.1) is 30.2 Å². The molecule has 1 fully saturated rings. The van der Waals surface area contributed by atoms with Crippen molar-refractivity contribution < 1.29 is 9.53 Å². The third kappa shape index (κ3) is 4.77. The van der Waals surface area contributed by atoms with Gasteiger partial charge in [0.1, 0.15) is 4.60 Å². The van der Waals surface area contributed by atoms with Crippen molar-refractivity contribution in [2.75, 3.05) is 25.0 Å². The number of benzene rings is 1. The van der Waals surface area contributed by atoms with Gasteiger partial charge in [-0.25, -0.2) is 9.67 Å². The highest BCUT2D eigenvalue weighted by molar-refractivity contribution is 9.10. The van der Waals surface area contributed by atoms with Gasteiger partial charge in [0.2, 0.25) is 0 Å². The van der Waals surface area contributed by atoms with E-state index in [1.807, 2.05) is 36.4 Å². The SMILES string of the molecule is Cl.O=C(Nc1ccc(C2CNCCO2)cc1)c1cnn(-c2ccnc(Br)c2)c1. The van der Waals surface area contributed by atoms with Crippen LogP contribution < -0.4 is 10.6 Å². The number of amides is 1. The molecule has 0 bridgehead atoms.